The van der Waals surface area contributed by atoms with Gasteiger partial charge in [0.05, 0.1) is 18.7 Å². The molecule has 0 radical (unpaired) electrons. The third-order valence-electron chi connectivity index (χ3n) is 6.66. The molecule has 196 valence electrons. The molecule has 0 aliphatic carbocycles. The monoisotopic (exact) mass is 513 g/mol. The first-order valence-corrected chi connectivity index (χ1v) is 13.0. The fraction of sp³-hybridized carbons (Fsp3) is 0.300. The molecular formula is C30H32FN5O2. The predicted octanol–water partition coefficient (Wildman–Crippen LogP) is 4.28. The van der Waals surface area contributed by atoms with Crippen molar-refractivity contribution in [3.8, 4) is 11.4 Å². The van der Waals surface area contributed by atoms with Crippen molar-refractivity contribution in [2.45, 2.75) is 13.0 Å². The van der Waals surface area contributed by atoms with E-state index in [2.05, 4.69) is 27.2 Å². The van der Waals surface area contributed by atoms with Crippen LogP contribution in [0.2, 0.25) is 0 Å². The van der Waals surface area contributed by atoms with E-state index in [1.165, 1.54) is 12.1 Å². The smallest absolute Gasteiger partial charge is 0.221 e. The van der Waals surface area contributed by atoms with Crippen molar-refractivity contribution in [3.63, 3.8) is 0 Å². The lowest BCUT2D eigenvalue weighted by atomic mass is 10.1. The standard InChI is InChI=1S/C30H32FN5O2/c31-25-12-10-24(11-13-25)29-33-27-9-5-4-8-26(27)30(34-29)36(22-23-6-2-1-3-7-23)16-14-28(37)32-15-17-35-18-20-38-21-19-35/h1-13H,14-22H2,(H,32,37). The number of halogens is 1. The number of fused-ring (bicyclic) bond motifs is 1. The summed E-state index contributed by atoms with van der Waals surface area (Å²) < 4.78 is 19.0. The van der Waals surface area contributed by atoms with Crippen LogP contribution < -0.4 is 10.2 Å². The first-order chi connectivity index (χ1) is 18.7. The maximum Gasteiger partial charge on any atom is 0.221 e. The van der Waals surface area contributed by atoms with Gasteiger partial charge in [0.25, 0.3) is 0 Å². The number of hydrogen-bond acceptors (Lipinski definition) is 6. The van der Waals surface area contributed by atoms with Gasteiger partial charge in [-0.2, -0.15) is 0 Å². The van der Waals surface area contributed by atoms with Crippen molar-refractivity contribution >= 4 is 22.6 Å². The Kier molecular flexibility index (Phi) is 8.53. The highest BCUT2D eigenvalue weighted by Gasteiger charge is 2.18. The maximum absolute atomic E-state index is 13.6. The van der Waals surface area contributed by atoms with Gasteiger partial charge in [-0.3, -0.25) is 9.69 Å². The molecule has 0 spiro atoms. The third kappa shape index (κ3) is 6.70. The molecule has 1 amide bonds. The average Bonchev–Trinajstić information content (AvgIpc) is 2.96. The van der Waals surface area contributed by atoms with E-state index in [1.54, 1.807) is 12.1 Å². The van der Waals surface area contributed by atoms with E-state index in [0.717, 1.165) is 60.7 Å². The number of hydrogen-bond donors (Lipinski definition) is 1. The number of amides is 1. The number of morpholine rings is 1. The van der Waals surface area contributed by atoms with E-state index >= 15 is 0 Å². The van der Waals surface area contributed by atoms with E-state index in [9.17, 15) is 9.18 Å². The second-order valence-electron chi connectivity index (χ2n) is 9.36. The summed E-state index contributed by atoms with van der Waals surface area (Å²) >= 11 is 0. The van der Waals surface area contributed by atoms with E-state index in [0.29, 0.717) is 31.9 Å². The van der Waals surface area contributed by atoms with Gasteiger partial charge < -0.3 is 15.0 Å². The molecule has 1 aliphatic rings. The van der Waals surface area contributed by atoms with Crippen molar-refractivity contribution in [1.29, 1.82) is 0 Å². The number of para-hydroxylation sites is 1. The number of anilines is 1. The molecular weight excluding hydrogens is 481 g/mol. The van der Waals surface area contributed by atoms with Gasteiger partial charge >= 0.3 is 0 Å². The Bertz CT molecular complexity index is 1340. The summed E-state index contributed by atoms with van der Waals surface area (Å²) in [4.78, 5) is 26.9. The summed E-state index contributed by atoms with van der Waals surface area (Å²) in [5.41, 5.74) is 2.65. The Hall–Kier alpha value is -3.88. The molecule has 2 heterocycles. The predicted molar refractivity (Wildman–Crippen MR) is 147 cm³/mol. The van der Waals surface area contributed by atoms with Crippen LogP contribution >= 0.6 is 0 Å². The fourth-order valence-corrected chi connectivity index (χ4v) is 4.60. The molecule has 38 heavy (non-hydrogen) atoms. The Morgan fingerprint density at radius 1 is 0.947 bits per heavy atom. The molecule has 1 saturated heterocycles. The van der Waals surface area contributed by atoms with Crippen LogP contribution in [-0.2, 0) is 16.1 Å². The molecule has 1 aromatic heterocycles. The van der Waals surface area contributed by atoms with Crippen molar-refractivity contribution < 1.29 is 13.9 Å². The van der Waals surface area contributed by atoms with Gasteiger partial charge in [-0.05, 0) is 42.0 Å². The van der Waals surface area contributed by atoms with Crippen molar-refractivity contribution in [2.75, 3.05) is 50.8 Å². The normalized spacial score (nSPS) is 13.9. The summed E-state index contributed by atoms with van der Waals surface area (Å²) in [6, 6.07) is 24.2. The van der Waals surface area contributed by atoms with Crippen LogP contribution in [0.4, 0.5) is 10.2 Å². The zero-order valence-electron chi connectivity index (χ0n) is 21.4. The molecule has 1 N–H and O–H groups in total. The zero-order valence-corrected chi connectivity index (χ0v) is 21.4. The minimum atomic E-state index is -0.305. The Morgan fingerprint density at radius 3 is 2.47 bits per heavy atom. The minimum Gasteiger partial charge on any atom is -0.379 e. The number of benzene rings is 3. The van der Waals surface area contributed by atoms with Crippen LogP contribution in [0.1, 0.15) is 12.0 Å². The van der Waals surface area contributed by atoms with E-state index in [-0.39, 0.29) is 11.7 Å². The number of rotatable bonds is 10. The second-order valence-corrected chi connectivity index (χ2v) is 9.36. The first kappa shape index (κ1) is 25.8. The molecule has 0 atom stereocenters. The zero-order chi connectivity index (χ0) is 26.2. The van der Waals surface area contributed by atoms with Crippen molar-refractivity contribution in [3.05, 3.63) is 90.2 Å². The van der Waals surface area contributed by atoms with Gasteiger partial charge in [0.2, 0.25) is 5.91 Å². The highest BCUT2D eigenvalue weighted by Crippen LogP contribution is 2.29. The van der Waals surface area contributed by atoms with Crippen LogP contribution in [0.3, 0.4) is 0 Å². The van der Waals surface area contributed by atoms with Crippen LogP contribution in [-0.4, -0.2) is 66.7 Å². The van der Waals surface area contributed by atoms with Gasteiger partial charge in [-0.1, -0.05) is 42.5 Å². The lowest BCUT2D eigenvalue weighted by Crippen LogP contribution is -2.41. The van der Waals surface area contributed by atoms with Gasteiger partial charge in [0.15, 0.2) is 5.82 Å². The number of aromatic nitrogens is 2. The first-order valence-electron chi connectivity index (χ1n) is 13.0. The number of carbonyl (C=O) groups is 1. The average molecular weight is 514 g/mol. The highest BCUT2D eigenvalue weighted by molar-refractivity contribution is 5.91. The summed E-state index contributed by atoms with van der Waals surface area (Å²) in [6.07, 6.45) is 0.333. The van der Waals surface area contributed by atoms with Gasteiger partial charge in [-0.25, -0.2) is 14.4 Å². The molecule has 0 saturated carbocycles. The SMILES string of the molecule is O=C(CCN(Cc1ccccc1)c1nc(-c2ccc(F)cc2)nc2ccccc12)NCCN1CCOCC1. The molecule has 0 bridgehead atoms. The third-order valence-corrected chi connectivity index (χ3v) is 6.66. The lowest BCUT2D eigenvalue weighted by Gasteiger charge is -2.27. The summed E-state index contributed by atoms with van der Waals surface area (Å²) in [7, 11) is 0. The Balaban J connectivity index is 1.38. The summed E-state index contributed by atoms with van der Waals surface area (Å²) in [6.45, 7) is 5.80. The largest absolute Gasteiger partial charge is 0.379 e. The van der Waals surface area contributed by atoms with E-state index in [1.807, 2.05) is 42.5 Å². The number of nitrogens with zero attached hydrogens (tertiary/aromatic N) is 4. The molecule has 1 fully saturated rings. The van der Waals surface area contributed by atoms with Crippen molar-refractivity contribution in [1.82, 2.24) is 20.2 Å². The molecule has 3 aromatic carbocycles. The molecule has 1 aliphatic heterocycles. The fourth-order valence-electron chi connectivity index (χ4n) is 4.60. The Labute approximate surface area is 222 Å². The summed E-state index contributed by atoms with van der Waals surface area (Å²) in [5.74, 6) is 0.972. The molecule has 7 nitrogen and oxygen atoms in total. The molecule has 8 heteroatoms. The van der Waals surface area contributed by atoms with Gasteiger partial charge in [0.1, 0.15) is 11.6 Å². The van der Waals surface area contributed by atoms with Gasteiger partial charge in [-0.15, -0.1) is 0 Å². The number of ether oxygens (including phenoxy) is 1. The lowest BCUT2D eigenvalue weighted by molar-refractivity contribution is -0.121. The molecule has 0 unspecified atom stereocenters. The van der Waals surface area contributed by atoms with E-state index < -0.39 is 0 Å². The summed E-state index contributed by atoms with van der Waals surface area (Å²) in [5, 5.41) is 3.97. The highest BCUT2D eigenvalue weighted by atomic mass is 19.1. The van der Waals surface area contributed by atoms with Crippen LogP contribution in [0.5, 0.6) is 0 Å². The molecule has 4 aromatic rings. The van der Waals surface area contributed by atoms with Crippen molar-refractivity contribution in [2.24, 2.45) is 0 Å². The number of nitrogens with one attached hydrogen (secondary N) is 1. The quantitative estimate of drug-likeness (QED) is 0.341. The van der Waals surface area contributed by atoms with Crippen LogP contribution in [0.25, 0.3) is 22.3 Å². The molecule has 5 rings (SSSR count). The van der Waals surface area contributed by atoms with Gasteiger partial charge in [0, 0.05) is 56.6 Å². The van der Waals surface area contributed by atoms with Crippen LogP contribution in [0.15, 0.2) is 78.9 Å². The maximum atomic E-state index is 13.6. The minimum absolute atomic E-state index is 0.00782. The van der Waals surface area contributed by atoms with Crippen LogP contribution in [0, 0.1) is 5.82 Å². The van der Waals surface area contributed by atoms with E-state index in [4.69, 9.17) is 14.7 Å². The Morgan fingerprint density at radius 2 is 1.68 bits per heavy atom. The topological polar surface area (TPSA) is 70.6 Å². The number of carbonyl (C=O) groups excluding carboxylic acids is 1. The second kappa shape index (κ2) is 12.6.